The molecule has 7 nitrogen and oxygen atoms in total. The van der Waals surface area contributed by atoms with Crippen LogP contribution in [0.2, 0.25) is 0 Å². The monoisotopic (exact) mass is 446 g/mol. The number of methoxy groups -OCH3 is 3. The van der Waals surface area contributed by atoms with Crippen LogP contribution in [-0.4, -0.2) is 33.1 Å². The topological polar surface area (TPSA) is 80.3 Å². The molecule has 168 valence electrons. The Morgan fingerprint density at radius 2 is 1.64 bits per heavy atom. The van der Waals surface area contributed by atoms with E-state index in [2.05, 4.69) is 0 Å². The summed E-state index contributed by atoms with van der Waals surface area (Å²) in [6, 6.07) is 15.2. The zero-order chi connectivity index (χ0) is 23.5. The minimum atomic E-state index is -0.574. The molecule has 3 aromatic carbocycles. The Hall–Kier alpha value is -4.26. The lowest BCUT2D eigenvalue weighted by atomic mass is 10.1. The molecule has 1 heterocycles. The Bertz CT molecular complexity index is 1270. The molecule has 1 aliphatic heterocycles. The molecule has 1 aliphatic rings. The average Bonchev–Trinajstić information content (AvgIpc) is 3.16. The Morgan fingerprint density at radius 1 is 0.879 bits per heavy atom. The summed E-state index contributed by atoms with van der Waals surface area (Å²) in [6.45, 7) is 1.73. The van der Waals surface area contributed by atoms with Crippen LogP contribution < -0.4 is 23.7 Å². The second kappa shape index (κ2) is 9.08. The fourth-order valence-electron chi connectivity index (χ4n) is 3.48. The number of esters is 1. The molecule has 0 spiro atoms. The summed E-state index contributed by atoms with van der Waals surface area (Å²) < 4.78 is 27.1. The summed E-state index contributed by atoms with van der Waals surface area (Å²) in [5, 5.41) is 0. The fourth-order valence-corrected chi connectivity index (χ4v) is 3.48. The van der Waals surface area contributed by atoms with Crippen molar-refractivity contribution < 1.29 is 33.3 Å². The number of carbonyl (C=O) groups is 2. The number of Topliss-reactive ketones (excluding diaryl/α,β-unsaturated/α-hetero) is 1. The third-order valence-electron chi connectivity index (χ3n) is 5.25. The van der Waals surface area contributed by atoms with Gasteiger partial charge in [0.1, 0.15) is 17.2 Å². The molecule has 0 bridgehead atoms. The summed E-state index contributed by atoms with van der Waals surface area (Å²) in [5.74, 6) is 1.63. The first-order chi connectivity index (χ1) is 15.9. The fraction of sp³-hybridized carbons (Fsp3) is 0.154. The predicted octanol–water partition coefficient (Wildman–Crippen LogP) is 4.86. The van der Waals surface area contributed by atoms with Gasteiger partial charge in [-0.15, -0.1) is 0 Å². The van der Waals surface area contributed by atoms with Crippen molar-refractivity contribution in [3.05, 3.63) is 82.6 Å². The van der Waals surface area contributed by atoms with Crippen LogP contribution in [0.5, 0.6) is 28.7 Å². The molecule has 0 unspecified atom stereocenters. The Labute approximate surface area is 191 Å². The Kier molecular flexibility index (Phi) is 6.04. The number of rotatable bonds is 6. The van der Waals surface area contributed by atoms with Gasteiger partial charge in [-0.05, 0) is 61.0 Å². The van der Waals surface area contributed by atoms with E-state index >= 15 is 0 Å². The Morgan fingerprint density at radius 3 is 2.36 bits per heavy atom. The smallest absolute Gasteiger partial charge is 0.343 e. The van der Waals surface area contributed by atoms with E-state index in [0.29, 0.717) is 45.4 Å². The van der Waals surface area contributed by atoms with Crippen molar-refractivity contribution in [1.29, 1.82) is 0 Å². The van der Waals surface area contributed by atoms with E-state index in [1.807, 2.05) is 18.2 Å². The molecule has 0 atom stereocenters. The summed E-state index contributed by atoms with van der Waals surface area (Å²) in [7, 11) is 4.58. The predicted molar refractivity (Wildman–Crippen MR) is 122 cm³/mol. The maximum Gasteiger partial charge on any atom is 0.343 e. The van der Waals surface area contributed by atoms with Crippen molar-refractivity contribution in [2.45, 2.75) is 6.92 Å². The first-order valence-electron chi connectivity index (χ1n) is 10.1. The number of fused-ring (bicyclic) bond motifs is 1. The number of hydrogen-bond donors (Lipinski definition) is 0. The molecule has 0 saturated carbocycles. The first-order valence-corrected chi connectivity index (χ1v) is 10.1. The number of ketones is 1. The van der Waals surface area contributed by atoms with Gasteiger partial charge in [-0.3, -0.25) is 4.79 Å². The van der Waals surface area contributed by atoms with Gasteiger partial charge in [0.2, 0.25) is 5.78 Å². The van der Waals surface area contributed by atoms with Gasteiger partial charge >= 0.3 is 5.97 Å². The highest BCUT2D eigenvalue weighted by Gasteiger charge is 2.30. The van der Waals surface area contributed by atoms with Gasteiger partial charge < -0.3 is 23.7 Å². The van der Waals surface area contributed by atoms with Crippen molar-refractivity contribution in [1.82, 2.24) is 0 Å². The standard InChI is InChI=1S/C26H22O7/c1-15-20(33-26(28)17-8-10-21(30-3)22(14-17)31-4)11-9-19-24(27)23(32-25(15)19)13-16-6-5-7-18(12-16)29-2/h5-14H,1-4H3/b23-13-. The van der Waals surface area contributed by atoms with Crippen LogP contribution in [0.3, 0.4) is 0 Å². The lowest BCUT2D eigenvalue weighted by Gasteiger charge is -2.12. The van der Waals surface area contributed by atoms with E-state index in [9.17, 15) is 9.59 Å². The van der Waals surface area contributed by atoms with E-state index in [0.717, 1.165) is 5.56 Å². The quantitative estimate of drug-likeness (QED) is 0.304. The third kappa shape index (κ3) is 4.25. The van der Waals surface area contributed by atoms with E-state index in [1.165, 1.54) is 14.2 Å². The second-order valence-corrected chi connectivity index (χ2v) is 7.24. The van der Waals surface area contributed by atoms with Crippen molar-refractivity contribution in [3.8, 4) is 28.7 Å². The van der Waals surface area contributed by atoms with Gasteiger partial charge in [-0.1, -0.05) is 12.1 Å². The van der Waals surface area contributed by atoms with Crippen LogP contribution in [0.4, 0.5) is 0 Å². The zero-order valence-corrected chi connectivity index (χ0v) is 18.6. The average molecular weight is 446 g/mol. The molecule has 0 aromatic heterocycles. The third-order valence-corrected chi connectivity index (χ3v) is 5.25. The highest BCUT2D eigenvalue weighted by molar-refractivity contribution is 6.15. The van der Waals surface area contributed by atoms with Crippen LogP contribution in [0.15, 0.2) is 60.4 Å². The van der Waals surface area contributed by atoms with Crippen LogP contribution in [0.25, 0.3) is 6.08 Å². The van der Waals surface area contributed by atoms with Crippen molar-refractivity contribution >= 4 is 17.8 Å². The van der Waals surface area contributed by atoms with Crippen LogP contribution in [0, 0.1) is 6.92 Å². The Balaban J connectivity index is 1.59. The molecule has 7 heteroatoms. The highest BCUT2D eigenvalue weighted by Crippen LogP contribution is 2.39. The molecular formula is C26H22O7. The lowest BCUT2D eigenvalue weighted by molar-refractivity contribution is 0.0732. The van der Waals surface area contributed by atoms with E-state index in [4.69, 9.17) is 23.7 Å². The van der Waals surface area contributed by atoms with E-state index < -0.39 is 5.97 Å². The zero-order valence-electron chi connectivity index (χ0n) is 18.6. The van der Waals surface area contributed by atoms with Crippen molar-refractivity contribution in [2.75, 3.05) is 21.3 Å². The number of allylic oxidation sites excluding steroid dienone is 1. The normalized spacial score (nSPS) is 13.3. The summed E-state index contributed by atoms with van der Waals surface area (Å²) >= 11 is 0. The molecule has 0 saturated heterocycles. The largest absolute Gasteiger partial charge is 0.497 e. The van der Waals surface area contributed by atoms with Crippen LogP contribution >= 0.6 is 0 Å². The van der Waals surface area contributed by atoms with Crippen LogP contribution in [-0.2, 0) is 0 Å². The van der Waals surface area contributed by atoms with E-state index in [1.54, 1.807) is 56.5 Å². The molecule has 0 fully saturated rings. The maximum absolute atomic E-state index is 12.8. The van der Waals surface area contributed by atoms with Gasteiger partial charge in [-0.25, -0.2) is 4.79 Å². The van der Waals surface area contributed by atoms with Crippen LogP contribution in [0.1, 0.15) is 31.8 Å². The molecule has 0 amide bonds. The second-order valence-electron chi connectivity index (χ2n) is 7.24. The molecule has 0 aliphatic carbocycles. The first kappa shape index (κ1) is 22.0. The van der Waals surface area contributed by atoms with Gasteiger partial charge in [0.15, 0.2) is 17.3 Å². The van der Waals surface area contributed by atoms with Gasteiger partial charge in [-0.2, -0.15) is 0 Å². The minimum Gasteiger partial charge on any atom is -0.497 e. The maximum atomic E-state index is 12.8. The minimum absolute atomic E-state index is 0.185. The summed E-state index contributed by atoms with van der Waals surface area (Å²) in [6.07, 6.45) is 1.65. The van der Waals surface area contributed by atoms with Crippen molar-refractivity contribution in [3.63, 3.8) is 0 Å². The molecule has 3 aromatic rings. The molecule has 4 rings (SSSR count). The van der Waals surface area contributed by atoms with Gasteiger partial charge in [0.05, 0.1) is 32.5 Å². The summed E-state index contributed by atoms with van der Waals surface area (Å²) in [5.41, 5.74) is 2.02. The lowest BCUT2D eigenvalue weighted by Crippen LogP contribution is -2.10. The number of carbonyl (C=O) groups excluding carboxylic acids is 2. The molecule has 33 heavy (non-hydrogen) atoms. The SMILES string of the molecule is COc1cccc(/C=C2\Oc3c(ccc(OC(=O)c4ccc(OC)c(OC)c4)c3C)C2=O)c1. The highest BCUT2D eigenvalue weighted by atomic mass is 16.5. The number of benzene rings is 3. The van der Waals surface area contributed by atoms with Gasteiger partial charge in [0.25, 0.3) is 0 Å². The van der Waals surface area contributed by atoms with Gasteiger partial charge in [0, 0.05) is 5.56 Å². The molecule has 0 radical (unpaired) electrons. The number of ether oxygens (including phenoxy) is 5. The molecular weight excluding hydrogens is 424 g/mol. The molecule has 0 N–H and O–H groups in total. The number of hydrogen-bond acceptors (Lipinski definition) is 7. The van der Waals surface area contributed by atoms with E-state index in [-0.39, 0.29) is 11.5 Å². The van der Waals surface area contributed by atoms with Crippen molar-refractivity contribution in [2.24, 2.45) is 0 Å². The summed E-state index contributed by atoms with van der Waals surface area (Å²) in [4.78, 5) is 25.6.